The maximum absolute atomic E-state index is 12.8. The Kier molecular flexibility index (Phi) is 6.30. The van der Waals surface area contributed by atoms with Crippen molar-refractivity contribution in [2.45, 2.75) is 18.9 Å². The number of methoxy groups -OCH3 is 1. The zero-order chi connectivity index (χ0) is 20.1. The van der Waals surface area contributed by atoms with Gasteiger partial charge in [0.2, 0.25) is 5.91 Å². The molecule has 146 valence electrons. The number of carbonyl (C=O) groups is 3. The first-order valence-electron chi connectivity index (χ1n) is 8.80. The van der Waals surface area contributed by atoms with Crippen molar-refractivity contribution < 1.29 is 19.1 Å². The summed E-state index contributed by atoms with van der Waals surface area (Å²) in [6.45, 7) is 0.551. The number of hydrogen-bond donors (Lipinski definition) is 2. The van der Waals surface area contributed by atoms with Crippen molar-refractivity contribution in [2.75, 3.05) is 24.3 Å². The van der Waals surface area contributed by atoms with Crippen LogP contribution in [-0.4, -0.2) is 42.5 Å². The fourth-order valence-corrected chi connectivity index (χ4v) is 3.34. The van der Waals surface area contributed by atoms with E-state index < -0.39 is 12.1 Å². The van der Waals surface area contributed by atoms with Gasteiger partial charge in [-0.1, -0.05) is 15.9 Å². The van der Waals surface area contributed by atoms with E-state index in [4.69, 9.17) is 0 Å². The standard InChI is InChI=1S/C20H20BrN3O4/c1-28-20(27)23-16-10-8-15(9-11-16)22-18(25)17-3-2-12-24(17)19(26)13-4-6-14(21)7-5-13/h4-11,17H,2-3,12H2,1H3,(H,22,25)(H,23,27). The summed E-state index contributed by atoms with van der Waals surface area (Å²) >= 11 is 3.35. The molecule has 28 heavy (non-hydrogen) atoms. The summed E-state index contributed by atoms with van der Waals surface area (Å²) in [6.07, 6.45) is 0.836. The summed E-state index contributed by atoms with van der Waals surface area (Å²) < 4.78 is 5.43. The van der Waals surface area contributed by atoms with E-state index in [2.05, 4.69) is 31.3 Å². The monoisotopic (exact) mass is 445 g/mol. The van der Waals surface area contributed by atoms with Gasteiger partial charge in [-0.25, -0.2) is 4.79 Å². The third kappa shape index (κ3) is 4.69. The number of halogens is 1. The van der Waals surface area contributed by atoms with E-state index in [9.17, 15) is 14.4 Å². The molecule has 1 saturated heterocycles. The van der Waals surface area contributed by atoms with Gasteiger partial charge in [0.25, 0.3) is 5.91 Å². The fraction of sp³-hybridized carbons (Fsp3) is 0.250. The predicted molar refractivity (Wildman–Crippen MR) is 109 cm³/mol. The van der Waals surface area contributed by atoms with Crippen LogP contribution >= 0.6 is 15.9 Å². The highest BCUT2D eigenvalue weighted by molar-refractivity contribution is 9.10. The predicted octanol–water partition coefficient (Wildman–Crippen LogP) is 3.87. The van der Waals surface area contributed by atoms with Gasteiger partial charge in [-0.3, -0.25) is 14.9 Å². The van der Waals surface area contributed by atoms with Crippen LogP contribution in [0.25, 0.3) is 0 Å². The van der Waals surface area contributed by atoms with Crippen LogP contribution in [0.15, 0.2) is 53.0 Å². The second-order valence-electron chi connectivity index (χ2n) is 6.35. The van der Waals surface area contributed by atoms with Crippen molar-refractivity contribution in [3.05, 3.63) is 58.6 Å². The normalized spacial score (nSPS) is 15.8. The van der Waals surface area contributed by atoms with Crippen LogP contribution in [0.2, 0.25) is 0 Å². The quantitative estimate of drug-likeness (QED) is 0.747. The smallest absolute Gasteiger partial charge is 0.411 e. The van der Waals surface area contributed by atoms with Crippen LogP contribution in [0.4, 0.5) is 16.2 Å². The SMILES string of the molecule is COC(=O)Nc1ccc(NC(=O)C2CCCN2C(=O)c2ccc(Br)cc2)cc1. The van der Waals surface area contributed by atoms with Crippen molar-refractivity contribution in [2.24, 2.45) is 0 Å². The average molecular weight is 446 g/mol. The number of nitrogens with one attached hydrogen (secondary N) is 2. The van der Waals surface area contributed by atoms with Crippen molar-refractivity contribution in [1.82, 2.24) is 4.90 Å². The number of anilines is 2. The summed E-state index contributed by atoms with van der Waals surface area (Å²) in [7, 11) is 1.28. The Morgan fingerprint density at radius 2 is 1.61 bits per heavy atom. The van der Waals surface area contributed by atoms with Gasteiger partial charge in [0.1, 0.15) is 6.04 Å². The summed E-state index contributed by atoms with van der Waals surface area (Å²) in [5, 5.41) is 5.38. The van der Waals surface area contributed by atoms with E-state index in [1.54, 1.807) is 41.3 Å². The van der Waals surface area contributed by atoms with Gasteiger partial charge in [-0.2, -0.15) is 0 Å². The van der Waals surface area contributed by atoms with Crippen LogP contribution in [0, 0.1) is 0 Å². The van der Waals surface area contributed by atoms with Crippen LogP contribution in [0.5, 0.6) is 0 Å². The molecule has 0 saturated carbocycles. The lowest BCUT2D eigenvalue weighted by Crippen LogP contribution is -2.43. The first-order valence-corrected chi connectivity index (χ1v) is 9.59. The van der Waals surface area contributed by atoms with Gasteiger partial charge in [0.05, 0.1) is 7.11 Å². The minimum absolute atomic E-state index is 0.150. The molecule has 2 aromatic carbocycles. The minimum atomic E-state index is -0.565. The van der Waals surface area contributed by atoms with Crippen LogP contribution in [0.3, 0.4) is 0 Å². The number of nitrogens with zero attached hydrogens (tertiary/aromatic N) is 1. The Morgan fingerprint density at radius 1 is 1.00 bits per heavy atom. The number of benzene rings is 2. The largest absolute Gasteiger partial charge is 0.453 e. The van der Waals surface area contributed by atoms with E-state index in [1.165, 1.54) is 7.11 Å². The molecule has 0 bridgehead atoms. The number of carbonyl (C=O) groups excluding carboxylic acids is 3. The van der Waals surface area contributed by atoms with Gasteiger partial charge >= 0.3 is 6.09 Å². The molecule has 1 heterocycles. The highest BCUT2D eigenvalue weighted by atomic mass is 79.9. The number of ether oxygens (including phenoxy) is 1. The zero-order valence-electron chi connectivity index (χ0n) is 15.3. The Hall–Kier alpha value is -2.87. The highest BCUT2D eigenvalue weighted by Gasteiger charge is 2.34. The van der Waals surface area contributed by atoms with Gasteiger partial charge in [0, 0.05) is 28.0 Å². The van der Waals surface area contributed by atoms with Crippen molar-refractivity contribution >= 4 is 45.2 Å². The molecule has 1 aliphatic heterocycles. The summed E-state index contributed by atoms with van der Waals surface area (Å²) in [6, 6.07) is 13.3. The maximum Gasteiger partial charge on any atom is 0.411 e. The number of rotatable bonds is 4. The highest BCUT2D eigenvalue weighted by Crippen LogP contribution is 2.23. The van der Waals surface area contributed by atoms with Gasteiger partial charge in [-0.15, -0.1) is 0 Å². The van der Waals surface area contributed by atoms with E-state index in [-0.39, 0.29) is 11.8 Å². The molecule has 0 spiro atoms. The van der Waals surface area contributed by atoms with Gasteiger partial charge in [-0.05, 0) is 61.4 Å². The first-order chi connectivity index (χ1) is 13.5. The third-order valence-electron chi connectivity index (χ3n) is 4.49. The number of likely N-dealkylation sites (tertiary alicyclic amines) is 1. The number of hydrogen-bond acceptors (Lipinski definition) is 4. The Balaban J connectivity index is 1.65. The third-order valence-corrected chi connectivity index (χ3v) is 5.02. The Labute approximate surface area is 171 Å². The van der Waals surface area contributed by atoms with E-state index in [0.29, 0.717) is 29.9 Å². The second-order valence-corrected chi connectivity index (χ2v) is 7.26. The summed E-state index contributed by atoms with van der Waals surface area (Å²) in [5.74, 6) is -0.376. The summed E-state index contributed by atoms with van der Waals surface area (Å²) in [4.78, 5) is 38.3. The fourth-order valence-electron chi connectivity index (χ4n) is 3.07. The number of amides is 3. The lowest BCUT2D eigenvalue weighted by atomic mass is 10.1. The van der Waals surface area contributed by atoms with Crippen LogP contribution in [-0.2, 0) is 9.53 Å². The minimum Gasteiger partial charge on any atom is -0.453 e. The molecule has 0 radical (unpaired) electrons. The molecular formula is C20H20BrN3O4. The van der Waals surface area contributed by atoms with E-state index in [0.717, 1.165) is 10.9 Å². The molecule has 2 aromatic rings. The summed E-state index contributed by atoms with van der Waals surface area (Å²) in [5.41, 5.74) is 1.70. The molecule has 3 amide bonds. The Bertz CT molecular complexity index is 868. The van der Waals surface area contributed by atoms with Crippen LogP contribution in [0.1, 0.15) is 23.2 Å². The molecule has 1 fully saturated rings. The molecule has 0 aromatic heterocycles. The van der Waals surface area contributed by atoms with E-state index >= 15 is 0 Å². The van der Waals surface area contributed by atoms with Crippen molar-refractivity contribution in [3.8, 4) is 0 Å². The topological polar surface area (TPSA) is 87.7 Å². The molecule has 3 rings (SSSR count). The first kappa shape index (κ1) is 19.9. The Morgan fingerprint density at radius 3 is 2.21 bits per heavy atom. The van der Waals surface area contributed by atoms with Crippen LogP contribution < -0.4 is 10.6 Å². The molecule has 7 nitrogen and oxygen atoms in total. The lowest BCUT2D eigenvalue weighted by Gasteiger charge is -2.24. The molecule has 0 aliphatic carbocycles. The molecular weight excluding hydrogens is 426 g/mol. The molecule has 1 aliphatic rings. The molecule has 1 atom stereocenters. The lowest BCUT2D eigenvalue weighted by molar-refractivity contribution is -0.119. The van der Waals surface area contributed by atoms with Crippen molar-refractivity contribution in [3.63, 3.8) is 0 Å². The second kappa shape index (κ2) is 8.88. The molecule has 1 unspecified atom stereocenters. The van der Waals surface area contributed by atoms with Crippen molar-refractivity contribution in [1.29, 1.82) is 0 Å². The van der Waals surface area contributed by atoms with Gasteiger partial charge < -0.3 is 15.0 Å². The molecule has 2 N–H and O–H groups in total. The molecule has 8 heteroatoms. The van der Waals surface area contributed by atoms with E-state index in [1.807, 2.05) is 12.1 Å². The maximum atomic E-state index is 12.8. The van der Waals surface area contributed by atoms with Gasteiger partial charge in [0.15, 0.2) is 0 Å². The zero-order valence-corrected chi connectivity index (χ0v) is 16.9. The average Bonchev–Trinajstić information content (AvgIpc) is 3.19.